The molecule has 96 valence electrons. The van der Waals surface area contributed by atoms with Crippen molar-refractivity contribution in [3.63, 3.8) is 0 Å². The first-order chi connectivity index (χ1) is 8.92. The zero-order valence-corrected chi connectivity index (χ0v) is 10.8. The van der Waals surface area contributed by atoms with Crippen LogP contribution in [0.1, 0.15) is 44.9 Å². The summed E-state index contributed by atoms with van der Waals surface area (Å²) >= 11 is 0. The molecule has 3 rings (SSSR count). The Morgan fingerprint density at radius 2 is 1.72 bits per heavy atom. The lowest BCUT2D eigenvalue weighted by Crippen LogP contribution is -2.21. The van der Waals surface area contributed by atoms with Crippen LogP contribution >= 0.6 is 0 Å². The normalized spacial score (nSPS) is 18.4. The first-order valence-electron chi connectivity index (χ1n) is 7.13. The van der Waals surface area contributed by atoms with Gasteiger partial charge in [-0.05, 0) is 25.0 Å². The third kappa shape index (κ3) is 2.66. The van der Waals surface area contributed by atoms with Crippen LogP contribution in [0.3, 0.4) is 0 Å². The molecular weight excluding hydrogens is 222 g/mol. The van der Waals surface area contributed by atoms with Gasteiger partial charge in [0.2, 0.25) is 5.95 Å². The molecule has 0 radical (unpaired) electrons. The van der Waals surface area contributed by atoms with Crippen molar-refractivity contribution in [2.24, 2.45) is 0 Å². The van der Waals surface area contributed by atoms with Crippen molar-refractivity contribution in [2.45, 2.75) is 51.0 Å². The van der Waals surface area contributed by atoms with Gasteiger partial charge < -0.3 is 10.3 Å². The highest BCUT2D eigenvalue weighted by Crippen LogP contribution is 2.21. The number of para-hydroxylation sites is 2. The SMILES string of the molecule is c1ccc2[nH]c(NC3CCCCCCC3)nc2c1. The fraction of sp³-hybridized carbons (Fsp3) is 0.533. The first kappa shape index (κ1) is 11.6. The van der Waals surface area contributed by atoms with Gasteiger partial charge in [-0.3, -0.25) is 0 Å². The van der Waals surface area contributed by atoms with Crippen molar-refractivity contribution < 1.29 is 0 Å². The van der Waals surface area contributed by atoms with Crippen LogP contribution in [0.25, 0.3) is 11.0 Å². The van der Waals surface area contributed by atoms with E-state index in [0.717, 1.165) is 17.0 Å². The molecular formula is C15H21N3. The van der Waals surface area contributed by atoms with Crippen LogP contribution in [-0.2, 0) is 0 Å². The lowest BCUT2D eigenvalue weighted by atomic mass is 9.97. The maximum Gasteiger partial charge on any atom is 0.201 e. The Balaban J connectivity index is 1.70. The lowest BCUT2D eigenvalue weighted by Gasteiger charge is -2.20. The second-order valence-corrected chi connectivity index (χ2v) is 5.29. The van der Waals surface area contributed by atoms with E-state index in [2.05, 4.69) is 27.4 Å². The van der Waals surface area contributed by atoms with Crippen molar-refractivity contribution >= 4 is 17.0 Å². The van der Waals surface area contributed by atoms with E-state index < -0.39 is 0 Å². The third-order valence-corrected chi connectivity index (χ3v) is 3.84. The molecule has 3 nitrogen and oxygen atoms in total. The van der Waals surface area contributed by atoms with Gasteiger partial charge in [0.25, 0.3) is 0 Å². The molecule has 1 heterocycles. The predicted octanol–water partition coefficient (Wildman–Crippen LogP) is 4.09. The second kappa shape index (κ2) is 5.42. The Bertz CT molecular complexity index is 462. The molecule has 1 fully saturated rings. The molecule has 0 spiro atoms. The van der Waals surface area contributed by atoms with Crippen LogP contribution < -0.4 is 5.32 Å². The van der Waals surface area contributed by atoms with E-state index in [4.69, 9.17) is 0 Å². The fourth-order valence-corrected chi connectivity index (χ4v) is 2.81. The van der Waals surface area contributed by atoms with E-state index in [1.165, 1.54) is 44.9 Å². The lowest BCUT2D eigenvalue weighted by molar-refractivity contribution is 0.470. The van der Waals surface area contributed by atoms with Crippen molar-refractivity contribution in [1.82, 2.24) is 9.97 Å². The number of imidazole rings is 1. The van der Waals surface area contributed by atoms with E-state index in [1.807, 2.05) is 12.1 Å². The van der Waals surface area contributed by atoms with Crippen molar-refractivity contribution in [2.75, 3.05) is 5.32 Å². The number of benzene rings is 1. The molecule has 0 aliphatic heterocycles. The van der Waals surface area contributed by atoms with Crippen LogP contribution in [0.4, 0.5) is 5.95 Å². The molecule has 2 N–H and O–H groups in total. The zero-order chi connectivity index (χ0) is 12.2. The summed E-state index contributed by atoms with van der Waals surface area (Å²) in [6.07, 6.45) is 9.43. The molecule has 1 aliphatic carbocycles. The fourth-order valence-electron chi connectivity index (χ4n) is 2.81. The minimum Gasteiger partial charge on any atom is -0.353 e. The van der Waals surface area contributed by atoms with Gasteiger partial charge in [-0.2, -0.15) is 0 Å². The quantitative estimate of drug-likeness (QED) is 0.834. The smallest absolute Gasteiger partial charge is 0.201 e. The Morgan fingerprint density at radius 3 is 2.50 bits per heavy atom. The molecule has 0 unspecified atom stereocenters. The van der Waals surface area contributed by atoms with Gasteiger partial charge in [-0.1, -0.05) is 44.2 Å². The maximum atomic E-state index is 4.59. The van der Waals surface area contributed by atoms with Gasteiger partial charge in [-0.15, -0.1) is 0 Å². The molecule has 0 bridgehead atoms. The molecule has 1 saturated carbocycles. The highest BCUT2D eigenvalue weighted by Gasteiger charge is 2.12. The number of rotatable bonds is 2. The molecule has 0 atom stereocenters. The van der Waals surface area contributed by atoms with Crippen molar-refractivity contribution in [3.8, 4) is 0 Å². The summed E-state index contributed by atoms with van der Waals surface area (Å²) in [7, 11) is 0. The van der Waals surface area contributed by atoms with Crippen molar-refractivity contribution in [3.05, 3.63) is 24.3 Å². The van der Waals surface area contributed by atoms with Crippen LogP contribution in [0, 0.1) is 0 Å². The Hall–Kier alpha value is -1.51. The number of nitrogens with zero attached hydrogens (tertiary/aromatic N) is 1. The average Bonchev–Trinajstić information content (AvgIpc) is 2.74. The molecule has 1 aromatic heterocycles. The average molecular weight is 243 g/mol. The van der Waals surface area contributed by atoms with Crippen molar-refractivity contribution in [1.29, 1.82) is 0 Å². The monoisotopic (exact) mass is 243 g/mol. The van der Waals surface area contributed by atoms with Gasteiger partial charge in [0.15, 0.2) is 0 Å². The largest absolute Gasteiger partial charge is 0.353 e. The van der Waals surface area contributed by atoms with Gasteiger partial charge in [0, 0.05) is 6.04 Å². The minimum absolute atomic E-state index is 0.589. The van der Waals surface area contributed by atoms with Crippen LogP contribution in [0.5, 0.6) is 0 Å². The van der Waals surface area contributed by atoms with Crippen LogP contribution in [0.15, 0.2) is 24.3 Å². The Labute approximate surface area is 108 Å². The molecule has 1 aromatic carbocycles. The number of H-pyrrole nitrogens is 1. The summed E-state index contributed by atoms with van der Waals surface area (Å²) < 4.78 is 0. The van der Waals surface area contributed by atoms with Crippen LogP contribution in [0.2, 0.25) is 0 Å². The molecule has 18 heavy (non-hydrogen) atoms. The van der Waals surface area contributed by atoms with E-state index in [1.54, 1.807) is 0 Å². The summed E-state index contributed by atoms with van der Waals surface area (Å²) in [5.41, 5.74) is 2.16. The van der Waals surface area contributed by atoms with Gasteiger partial charge >= 0.3 is 0 Å². The molecule has 3 heteroatoms. The molecule has 1 aliphatic rings. The minimum atomic E-state index is 0.589. The number of nitrogens with one attached hydrogen (secondary N) is 2. The van der Waals surface area contributed by atoms with E-state index in [-0.39, 0.29) is 0 Å². The van der Waals surface area contributed by atoms with E-state index in [9.17, 15) is 0 Å². The Kier molecular flexibility index (Phi) is 3.49. The van der Waals surface area contributed by atoms with E-state index >= 15 is 0 Å². The number of anilines is 1. The maximum absolute atomic E-state index is 4.59. The highest BCUT2D eigenvalue weighted by molar-refractivity contribution is 5.77. The number of aromatic nitrogens is 2. The summed E-state index contributed by atoms with van der Waals surface area (Å²) in [5, 5.41) is 3.57. The van der Waals surface area contributed by atoms with E-state index in [0.29, 0.717) is 6.04 Å². The zero-order valence-electron chi connectivity index (χ0n) is 10.8. The Morgan fingerprint density at radius 1 is 1.00 bits per heavy atom. The molecule has 0 amide bonds. The number of fused-ring (bicyclic) bond motifs is 1. The highest BCUT2D eigenvalue weighted by atomic mass is 15.1. The van der Waals surface area contributed by atoms with Gasteiger partial charge in [-0.25, -0.2) is 4.98 Å². The number of hydrogen-bond acceptors (Lipinski definition) is 2. The third-order valence-electron chi connectivity index (χ3n) is 3.84. The second-order valence-electron chi connectivity index (χ2n) is 5.29. The summed E-state index contributed by atoms with van der Waals surface area (Å²) in [5.74, 6) is 0.932. The predicted molar refractivity (Wildman–Crippen MR) is 75.8 cm³/mol. The first-order valence-corrected chi connectivity index (χ1v) is 7.13. The van der Waals surface area contributed by atoms with Gasteiger partial charge in [0.1, 0.15) is 0 Å². The summed E-state index contributed by atoms with van der Waals surface area (Å²) in [6, 6.07) is 8.79. The van der Waals surface area contributed by atoms with Crippen LogP contribution in [-0.4, -0.2) is 16.0 Å². The molecule has 0 saturated heterocycles. The topological polar surface area (TPSA) is 40.7 Å². The van der Waals surface area contributed by atoms with Gasteiger partial charge in [0.05, 0.1) is 11.0 Å². The summed E-state index contributed by atoms with van der Waals surface area (Å²) in [6.45, 7) is 0. The summed E-state index contributed by atoms with van der Waals surface area (Å²) in [4.78, 5) is 7.95. The standard InChI is InChI=1S/C15H21N3/c1-2-4-8-12(9-5-3-1)16-15-17-13-10-6-7-11-14(13)18-15/h6-7,10-12H,1-5,8-9H2,(H2,16,17,18). The molecule has 2 aromatic rings. The number of aromatic amines is 1. The number of hydrogen-bond donors (Lipinski definition) is 2.